The minimum Gasteiger partial charge on any atom is -0.462 e. The van der Waals surface area contributed by atoms with Gasteiger partial charge in [-0.25, -0.2) is 14.0 Å². The zero-order valence-corrected chi connectivity index (χ0v) is 63.1. The molecule has 0 spiro atoms. The summed E-state index contributed by atoms with van der Waals surface area (Å²) < 4.78 is 80.1. The number of aryl methyl sites for hydroxylation is 2. The number of esters is 1. The van der Waals surface area contributed by atoms with Gasteiger partial charge in [-0.1, -0.05) is 34.7 Å². The van der Waals surface area contributed by atoms with Crippen molar-refractivity contribution in [2.45, 2.75) is 112 Å². The maximum atomic E-state index is 14.1. The summed E-state index contributed by atoms with van der Waals surface area (Å²) in [6.07, 6.45) is 12.7. The summed E-state index contributed by atoms with van der Waals surface area (Å²) in [7, 11) is 0. The van der Waals surface area contributed by atoms with Gasteiger partial charge in [-0.2, -0.15) is 4.68 Å². The predicted octanol–water partition coefficient (Wildman–Crippen LogP) is -7.15. The Morgan fingerprint density at radius 2 is 0.920 bits per heavy atom. The molecule has 8 atom stereocenters. The lowest BCUT2D eigenvalue weighted by atomic mass is 9.92. The number of aromatic amines is 1. The Bertz CT molecular complexity index is 3110. The van der Waals surface area contributed by atoms with Crippen LogP contribution in [0.15, 0.2) is 114 Å². The lowest BCUT2D eigenvalue weighted by Crippen LogP contribution is -2.48. The van der Waals surface area contributed by atoms with Crippen LogP contribution < -0.4 is 9.25 Å². The van der Waals surface area contributed by atoms with Crippen molar-refractivity contribution in [1.29, 1.82) is 0 Å². The fourth-order valence-corrected chi connectivity index (χ4v) is 9.91. The van der Waals surface area contributed by atoms with Crippen molar-refractivity contribution >= 4 is 17.8 Å². The second-order valence-electron chi connectivity index (χ2n) is 26.2. The van der Waals surface area contributed by atoms with Gasteiger partial charge in [-0.15, -0.1) is 5.10 Å². The largest absolute Gasteiger partial charge is 0.462 e. The van der Waals surface area contributed by atoms with Crippen LogP contribution in [0.4, 0.5) is 0 Å². The summed E-state index contributed by atoms with van der Waals surface area (Å²) >= 11 is 0. The number of ether oxygens (including phenoxy) is 13. The maximum Gasteiger partial charge on any atom is 0.338 e. The van der Waals surface area contributed by atoms with Crippen LogP contribution in [0.1, 0.15) is 36.0 Å². The fraction of sp³-hybridized carbons (Fsp3) is 0.658. The van der Waals surface area contributed by atoms with Crippen molar-refractivity contribution in [2.24, 2.45) is 0 Å². The van der Waals surface area contributed by atoms with E-state index in [9.17, 15) is 91.3 Å². The molecule has 112 heavy (non-hydrogen) atoms. The monoisotopic (exact) mass is 1600 g/mol. The number of allylic oxidation sites excluding steroid dienone is 9. The molecular weight excluding hydrogens is 1480 g/mol. The highest BCUT2D eigenvalue weighted by molar-refractivity contribution is 6.16. The lowest BCUT2D eigenvalue weighted by Gasteiger charge is -2.25. The van der Waals surface area contributed by atoms with Gasteiger partial charge in [-0.3, -0.25) is 4.79 Å². The summed E-state index contributed by atoms with van der Waals surface area (Å²) in [4.78, 5) is 29.2. The van der Waals surface area contributed by atoms with Crippen LogP contribution in [-0.4, -0.2) is 395 Å². The highest BCUT2D eigenvalue weighted by atomic mass is 16.6. The number of aliphatic hydroxyl groups excluding tert-OH is 16. The van der Waals surface area contributed by atoms with Crippen molar-refractivity contribution in [2.75, 3.05) is 198 Å². The van der Waals surface area contributed by atoms with E-state index in [1.165, 1.54) is 16.8 Å². The Labute approximate surface area is 648 Å². The van der Waals surface area contributed by atoms with E-state index in [0.29, 0.717) is 37.3 Å². The first kappa shape index (κ1) is 96.0. The molecule has 3 aromatic heterocycles. The number of Topliss-reactive ketones (excluding diaryl/α,β-unsaturated/α-hetero) is 1. The van der Waals surface area contributed by atoms with Crippen molar-refractivity contribution < 1.29 is 162 Å². The molecule has 0 fully saturated rings. The van der Waals surface area contributed by atoms with Gasteiger partial charge in [-0.05, 0) is 42.4 Å². The fourth-order valence-electron chi connectivity index (χ4n) is 9.91. The molecule has 0 saturated heterocycles. The first-order chi connectivity index (χ1) is 54.2. The molecule has 0 saturated carbocycles. The predicted molar refractivity (Wildman–Crippen MR) is 389 cm³/mol. The Kier molecular flexibility index (Phi) is 48.6. The standard InChI is InChI=1S/C73H115N8O31/c1-2-108-73(99)55-19-53(5-3-51-7-13-78(14-8-51)17-11-56-21-80(76-74-56)58(31-109-68(43-100-35-60(90)23-82)44-101-36-61(91)24-83)32-110-69(45-102-37-62(92)25-84)46-103-38-63(93)26-85)72(98)54(20-55)6-4-52-9-15-79(16-10-52)18-12-57-22-81(77-75-57)59(33-111-70(47-104-39-64(94)27-86)48-105-40-65(95)28-87)34-112-71(49-106-41-66(96)29-88)50-107-42-67(97)30-89/h3-10,13-16,19-22,58-71,82-97H,2,11-12,17-18,23-50H2,1H3/q+1/p+1. The molecule has 39 nitrogen and oxygen atoms in total. The number of nitrogens with one attached hydrogen (secondary N) is 1. The minimum atomic E-state index is -1.16. The van der Waals surface area contributed by atoms with Crippen LogP contribution in [-0.2, 0) is 90.6 Å². The number of H-pyrrole nitrogens is 1. The quantitative estimate of drug-likeness (QED) is 0.0142. The van der Waals surface area contributed by atoms with Crippen LogP contribution in [0.3, 0.4) is 0 Å². The summed E-state index contributed by atoms with van der Waals surface area (Å²) in [6, 6.07) is 2.35. The van der Waals surface area contributed by atoms with Gasteiger partial charge in [0.05, 0.1) is 209 Å². The van der Waals surface area contributed by atoms with E-state index in [2.05, 4.69) is 20.6 Å². The van der Waals surface area contributed by atoms with Crippen LogP contribution >= 0.6 is 0 Å². The first-order valence-corrected chi connectivity index (χ1v) is 36.8. The Morgan fingerprint density at radius 3 is 1.32 bits per heavy atom. The number of aliphatic hydroxyl groups is 16. The van der Waals surface area contributed by atoms with Gasteiger partial charge in [0, 0.05) is 59.9 Å². The van der Waals surface area contributed by atoms with Crippen molar-refractivity contribution in [3.63, 3.8) is 0 Å². The number of hydrogen-bond acceptors (Lipinski definition) is 35. The number of rotatable bonds is 65. The van der Waals surface area contributed by atoms with Crippen molar-refractivity contribution in [1.82, 2.24) is 30.2 Å². The number of ketones is 1. The van der Waals surface area contributed by atoms with Gasteiger partial charge >= 0.3 is 5.97 Å². The Balaban J connectivity index is 1.26. The molecule has 39 heteroatoms. The molecule has 0 radical (unpaired) electrons. The number of carbonyl (C=O) groups excluding carboxylic acids is 2. The molecule has 17 N–H and O–H groups in total. The normalized spacial score (nSPS) is 17.6. The molecule has 1 aliphatic heterocycles. The molecule has 8 unspecified atom stereocenters. The molecular formula is C73H116N8O31+2. The summed E-state index contributed by atoms with van der Waals surface area (Å²) in [5.41, 5.74) is 3.32. The average molecular weight is 1600 g/mol. The third-order valence-electron chi connectivity index (χ3n) is 16.3. The summed E-state index contributed by atoms with van der Waals surface area (Å²) in [5.74, 6) is -0.956. The molecule has 0 bridgehead atoms. The topological polar surface area (TPSA) is 548 Å². The van der Waals surface area contributed by atoms with E-state index < -0.39 is 144 Å². The van der Waals surface area contributed by atoms with Gasteiger partial charge in [0.25, 0.3) is 0 Å². The van der Waals surface area contributed by atoms with Crippen molar-refractivity contribution in [3.05, 3.63) is 131 Å². The van der Waals surface area contributed by atoms with E-state index in [-0.39, 0.29) is 161 Å². The molecule has 5 rings (SSSR count). The van der Waals surface area contributed by atoms with E-state index in [1.54, 1.807) is 48.3 Å². The Hall–Kier alpha value is -6.57. The molecule has 3 aromatic rings. The zero-order chi connectivity index (χ0) is 81.3. The molecule has 0 aromatic carbocycles. The number of pyridine rings is 1. The second-order valence-corrected chi connectivity index (χ2v) is 26.2. The number of carbonyl (C=O) groups is 2. The van der Waals surface area contributed by atoms with E-state index in [4.69, 9.17) is 61.6 Å². The third-order valence-corrected chi connectivity index (χ3v) is 16.3. The van der Waals surface area contributed by atoms with E-state index in [0.717, 1.165) is 11.1 Å². The molecule has 632 valence electrons. The third kappa shape index (κ3) is 39.2. The summed E-state index contributed by atoms with van der Waals surface area (Å²) in [6.45, 7) is -4.52. The summed E-state index contributed by atoms with van der Waals surface area (Å²) in [5, 5.41) is 170. The van der Waals surface area contributed by atoms with E-state index >= 15 is 0 Å². The number of nitrogens with zero attached hydrogens (tertiary/aromatic N) is 7. The van der Waals surface area contributed by atoms with Gasteiger partial charge in [0.15, 0.2) is 37.0 Å². The number of aromatic nitrogens is 7. The maximum absolute atomic E-state index is 14.1. The zero-order valence-electron chi connectivity index (χ0n) is 63.1. The van der Waals surface area contributed by atoms with Crippen LogP contribution in [0.5, 0.6) is 0 Å². The SMILES string of the molecule is CCOC(=O)C1=CC(=CC=C2C=CN(CCc3cn(C(COC(COCC(O)CO)COCC(O)CO)COC(COCC(O)CO)COCC(O)CO)nn3)C=C2)C(=O)C(C=Cc2cc[n+](CCc3c[n+](C(COC(COCC(O)CO)COCC(O)CO)COC(COCC(O)CO)COCC(O)CO)[nH]n3)cc2)=C1. The van der Waals surface area contributed by atoms with Gasteiger partial charge < -0.3 is 148 Å². The highest BCUT2D eigenvalue weighted by Gasteiger charge is 2.29. The smallest absolute Gasteiger partial charge is 0.338 e. The Morgan fingerprint density at radius 1 is 0.509 bits per heavy atom. The molecule has 0 amide bonds. The lowest BCUT2D eigenvalue weighted by molar-refractivity contribution is -0.780. The van der Waals surface area contributed by atoms with E-state index in [1.807, 2.05) is 58.5 Å². The number of hydrogen-bond donors (Lipinski definition) is 17. The molecule has 2 aliphatic rings. The average Bonchev–Trinajstić information content (AvgIpc) is 1.12. The van der Waals surface area contributed by atoms with Crippen LogP contribution in [0, 0.1) is 0 Å². The second kappa shape index (κ2) is 56.6. The van der Waals surface area contributed by atoms with Crippen LogP contribution in [0.25, 0.3) is 6.08 Å². The molecule has 4 heterocycles. The first-order valence-electron chi connectivity index (χ1n) is 36.8. The van der Waals surface area contributed by atoms with Gasteiger partial charge in [0.2, 0.25) is 5.69 Å². The molecule has 1 aliphatic carbocycles. The van der Waals surface area contributed by atoms with Crippen molar-refractivity contribution in [3.8, 4) is 0 Å². The van der Waals surface area contributed by atoms with Gasteiger partial charge in [0.1, 0.15) is 79.3 Å². The highest BCUT2D eigenvalue weighted by Crippen LogP contribution is 2.24. The van der Waals surface area contributed by atoms with Crippen LogP contribution in [0.2, 0.25) is 0 Å². The minimum absolute atomic E-state index is 0.0655.